The molecule has 1 heterocycles. The van der Waals surface area contributed by atoms with Crippen molar-refractivity contribution in [3.8, 4) is 0 Å². The lowest BCUT2D eigenvalue weighted by molar-refractivity contribution is 0.562. The second-order valence-corrected chi connectivity index (χ2v) is 3.62. The Balaban J connectivity index is 2.34. The van der Waals surface area contributed by atoms with Gasteiger partial charge in [-0.05, 0) is 23.8 Å². The van der Waals surface area contributed by atoms with Crippen molar-refractivity contribution in [1.82, 2.24) is 0 Å². The van der Waals surface area contributed by atoms with E-state index in [0.717, 1.165) is 11.1 Å². The minimum atomic E-state index is -0.445. The zero-order valence-electron chi connectivity index (χ0n) is 7.78. The van der Waals surface area contributed by atoms with Crippen LogP contribution in [-0.4, -0.2) is 0 Å². The number of nitrogens with two attached hydrogens (primary N) is 1. The number of halogens is 2. The summed E-state index contributed by atoms with van der Waals surface area (Å²) in [7, 11) is 0. The molecule has 0 fully saturated rings. The first kappa shape index (κ1) is 10.2. The largest absolute Gasteiger partial charge is 0.472 e. The van der Waals surface area contributed by atoms with Crippen molar-refractivity contribution in [2.24, 2.45) is 5.73 Å². The highest BCUT2D eigenvalue weighted by atomic mass is 35.5. The van der Waals surface area contributed by atoms with E-state index in [4.69, 9.17) is 21.8 Å². The van der Waals surface area contributed by atoms with Crippen LogP contribution in [0.25, 0.3) is 0 Å². The van der Waals surface area contributed by atoms with E-state index < -0.39 is 5.82 Å². The Morgan fingerprint density at radius 2 is 2.07 bits per heavy atom. The molecule has 1 aromatic carbocycles. The molecule has 0 aliphatic rings. The first-order valence-corrected chi connectivity index (χ1v) is 4.79. The van der Waals surface area contributed by atoms with Gasteiger partial charge in [0.2, 0.25) is 0 Å². The van der Waals surface area contributed by atoms with Crippen LogP contribution in [0.3, 0.4) is 0 Å². The third kappa shape index (κ3) is 2.03. The van der Waals surface area contributed by atoms with E-state index in [2.05, 4.69) is 0 Å². The SMILES string of the molecule is NC(c1ccoc1)c1ccc(F)c(Cl)c1. The average molecular weight is 226 g/mol. The zero-order valence-corrected chi connectivity index (χ0v) is 8.54. The third-order valence-corrected chi connectivity index (χ3v) is 2.49. The number of hydrogen-bond acceptors (Lipinski definition) is 2. The molecule has 4 heteroatoms. The van der Waals surface area contributed by atoms with Gasteiger partial charge in [-0.2, -0.15) is 0 Å². The maximum Gasteiger partial charge on any atom is 0.141 e. The Kier molecular flexibility index (Phi) is 2.75. The smallest absolute Gasteiger partial charge is 0.141 e. The molecule has 0 radical (unpaired) electrons. The van der Waals surface area contributed by atoms with E-state index in [1.54, 1.807) is 24.7 Å². The van der Waals surface area contributed by atoms with Crippen molar-refractivity contribution in [3.05, 3.63) is 58.8 Å². The molecule has 1 atom stereocenters. The highest BCUT2D eigenvalue weighted by Gasteiger charge is 2.11. The summed E-state index contributed by atoms with van der Waals surface area (Å²) in [5.74, 6) is -0.445. The van der Waals surface area contributed by atoms with Gasteiger partial charge in [-0.25, -0.2) is 4.39 Å². The summed E-state index contributed by atoms with van der Waals surface area (Å²) in [6.07, 6.45) is 3.10. The van der Waals surface area contributed by atoms with Crippen molar-refractivity contribution in [2.75, 3.05) is 0 Å². The van der Waals surface area contributed by atoms with Gasteiger partial charge in [-0.15, -0.1) is 0 Å². The fraction of sp³-hybridized carbons (Fsp3) is 0.0909. The van der Waals surface area contributed by atoms with E-state index in [9.17, 15) is 4.39 Å². The molecule has 0 amide bonds. The molecule has 1 aromatic heterocycles. The molecule has 2 rings (SSSR count). The maximum absolute atomic E-state index is 12.9. The van der Waals surface area contributed by atoms with Crippen molar-refractivity contribution < 1.29 is 8.81 Å². The molecule has 0 aliphatic carbocycles. The normalized spacial score (nSPS) is 12.7. The lowest BCUT2D eigenvalue weighted by Crippen LogP contribution is -2.10. The van der Waals surface area contributed by atoms with Gasteiger partial charge in [0.15, 0.2) is 0 Å². The van der Waals surface area contributed by atoms with Crippen LogP contribution in [0.1, 0.15) is 17.2 Å². The molecule has 78 valence electrons. The standard InChI is InChI=1S/C11H9ClFNO/c12-9-5-7(1-2-10(9)13)11(14)8-3-4-15-6-8/h1-6,11H,14H2. The molecule has 15 heavy (non-hydrogen) atoms. The van der Waals surface area contributed by atoms with Gasteiger partial charge in [-0.1, -0.05) is 17.7 Å². The molecule has 2 N–H and O–H groups in total. The Labute approximate surface area is 91.5 Å². The lowest BCUT2D eigenvalue weighted by Gasteiger charge is -2.10. The summed E-state index contributed by atoms with van der Waals surface area (Å²) >= 11 is 5.67. The van der Waals surface area contributed by atoms with Gasteiger partial charge in [0.1, 0.15) is 5.82 Å². The molecular weight excluding hydrogens is 217 g/mol. The van der Waals surface area contributed by atoms with Gasteiger partial charge in [0.25, 0.3) is 0 Å². The van der Waals surface area contributed by atoms with E-state index in [-0.39, 0.29) is 11.1 Å². The van der Waals surface area contributed by atoms with Crippen LogP contribution >= 0.6 is 11.6 Å². The molecule has 0 spiro atoms. The van der Waals surface area contributed by atoms with Gasteiger partial charge >= 0.3 is 0 Å². The minimum Gasteiger partial charge on any atom is -0.472 e. The molecule has 0 saturated carbocycles. The van der Waals surface area contributed by atoms with Crippen molar-refractivity contribution in [2.45, 2.75) is 6.04 Å². The van der Waals surface area contributed by atoms with E-state index in [0.29, 0.717) is 0 Å². The molecule has 2 nitrogen and oxygen atoms in total. The van der Waals surface area contributed by atoms with Crippen LogP contribution in [0.4, 0.5) is 4.39 Å². The average Bonchev–Trinajstić information content (AvgIpc) is 2.74. The predicted molar refractivity (Wildman–Crippen MR) is 56.1 cm³/mol. The summed E-state index contributed by atoms with van der Waals surface area (Å²) in [5.41, 5.74) is 7.52. The summed E-state index contributed by atoms with van der Waals surface area (Å²) in [5, 5.41) is 0.0754. The molecule has 0 bridgehead atoms. The van der Waals surface area contributed by atoms with E-state index >= 15 is 0 Å². The van der Waals surface area contributed by atoms with Crippen molar-refractivity contribution in [3.63, 3.8) is 0 Å². The quantitative estimate of drug-likeness (QED) is 0.853. The zero-order chi connectivity index (χ0) is 10.8. The molecule has 1 unspecified atom stereocenters. The first-order valence-electron chi connectivity index (χ1n) is 4.41. The highest BCUT2D eigenvalue weighted by molar-refractivity contribution is 6.30. The topological polar surface area (TPSA) is 39.2 Å². The number of hydrogen-bond donors (Lipinski definition) is 1. The summed E-state index contributed by atoms with van der Waals surface area (Å²) < 4.78 is 17.8. The number of rotatable bonds is 2. The number of furan rings is 1. The Bertz CT molecular complexity index is 456. The Morgan fingerprint density at radius 1 is 1.27 bits per heavy atom. The third-order valence-electron chi connectivity index (χ3n) is 2.21. The van der Waals surface area contributed by atoms with Gasteiger partial charge < -0.3 is 10.2 Å². The van der Waals surface area contributed by atoms with Gasteiger partial charge in [0, 0.05) is 5.56 Å². The van der Waals surface area contributed by atoms with Crippen molar-refractivity contribution in [1.29, 1.82) is 0 Å². The molecule has 0 aliphatic heterocycles. The fourth-order valence-corrected chi connectivity index (χ4v) is 1.54. The molecule has 0 saturated heterocycles. The Morgan fingerprint density at radius 3 is 2.67 bits per heavy atom. The van der Waals surface area contributed by atoms with E-state index in [1.165, 1.54) is 12.1 Å². The highest BCUT2D eigenvalue weighted by Crippen LogP contribution is 2.24. The van der Waals surface area contributed by atoms with Crippen LogP contribution in [0.2, 0.25) is 5.02 Å². The van der Waals surface area contributed by atoms with Gasteiger partial charge in [-0.3, -0.25) is 0 Å². The van der Waals surface area contributed by atoms with Crippen LogP contribution in [0.5, 0.6) is 0 Å². The molecular formula is C11H9ClFNO. The second-order valence-electron chi connectivity index (χ2n) is 3.21. The van der Waals surface area contributed by atoms with Crippen molar-refractivity contribution >= 4 is 11.6 Å². The second kappa shape index (κ2) is 4.04. The number of benzene rings is 1. The summed E-state index contributed by atoms with van der Waals surface area (Å²) in [6.45, 7) is 0. The lowest BCUT2D eigenvalue weighted by atomic mass is 10.0. The van der Waals surface area contributed by atoms with Crippen LogP contribution in [0.15, 0.2) is 41.2 Å². The van der Waals surface area contributed by atoms with Crippen LogP contribution < -0.4 is 5.73 Å². The summed E-state index contributed by atoms with van der Waals surface area (Å²) in [4.78, 5) is 0. The fourth-order valence-electron chi connectivity index (χ4n) is 1.35. The van der Waals surface area contributed by atoms with E-state index in [1.807, 2.05) is 0 Å². The Hall–Kier alpha value is -1.32. The predicted octanol–water partition coefficient (Wildman–Crippen LogP) is 3.12. The van der Waals surface area contributed by atoms with Crippen LogP contribution in [0, 0.1) is 5.82 Å². The minimum absolute atomic E-state index is 0.0754. The van der Waals surface area contributed by atoms with Crippen LogP contribution in [-0.2, 0) is 0 Å². The monoisotopic (exact) mass is 225 g/mol. The van der Waals surface area contributed by atoms with Gasteiger partial charge in [0.05, 0.1) is 23.6 Å². The summed E-state index contributed by atoms with van der Waals surface area (Å²) in [6, 6.07) is 5.86. The molecule has 2 aromatic rings. The first-order chi connectivity index (χ1) is 7.18. The maximum atomic E-state index is 12.9.